The fraction of sp³-hybridized carbons (Fsp3) is 0.429. The monoisotopic (exact) mass is 260 g/mol. The Bertz CT molecular complexity index is 476. The molecule has 1 heterocycles. The maximum absolute atomic E-state index is 8.72. The molecule has 2 atom stereocenters. The molecule has 0 bridgehead atoms. The van der Waals surface area contributed by atoms with E-state index in [1.165, 1.54) is 5.56 Å². The van der Waals surface area contributed by atoms with Crippen LogP contribution in [-0.4, -0.2) is 11.1 Å². The number of nitriles is 1. The van der Waals surface area contributed by atoms with Gasteiger partial charge in [0.15, 0.2) is 0 Å². The molecule has 1 aliphatic heterocycles. The minimum absolute atomic E-state index is 0.410. The van der Waals surface area contributed by atoms with Crippen molar-refractivity contribution in [2.75, 3.05) is 0 Å². The molecule has 0 spiro atoms. The van der Waals surface area contributed by atoms with Gasteiger partial charge in [-0.05, 0) is 30.0 Å². The lowest BCUT2D eigenvalue weighted by atomic mass is 9.99. The first kappa shape index (κ1) is 13.0. The van der Waals surface area contributed by atoms with E-state index in [0.29, 0.717) is 12.3 Å². The van der Waals surface area contributed by atoms with Crippen LogP contribution in [0.5, 0.6) is 0 Å². The Balaban J connectivity index is 1.97. The van der Waals surface area contributed by atoms with Crippen LogP contribution in [0.4, 0.5) is 0 Å². The van der Waals surface area contributed by atoms with Gasteiger partial charge in [-0.15, -0.1) is 0 Å². The molecule has 4 heteroatoms. The van der Waals surface area contributed by atoms with Crippen LogP contribution in [0.3, 0.4) is 0 Å². The molecule has 1 aromatic rings. The SMILES string of the molecule is CCC(C)c1ccc(SC2=NOC(C#N)C2)cc1. The first-order valence-electron chi connectivity index (χ1n) is 6.13. The maximum Gasteiger partial charge on any atom is 0.218 e. The van der Waals surface area contributed by atoms with Crippen molar-refractivity contribution in [2.45, 2.75) is 43.6 Å². The van der Waals surface area contributed by atoms with Crippen molar-refractivity contribution in [3.63, 3.8) is 0 Å². The van der Waals surface area contributed by atoms with Crippen molar-refractivity contribution < 1.29 is 4.84 Å². The number of hydrogen-bond acceptors (Lipinski definition) is 4. The van der Waals surface area contributed by atoms with E-state index in [-0.39, 0.29) is 0 Å². The van der Waals surface area contributed by atoms with Crippen LogP contribution in [0.1, 0.15) is 38.2 Å². The minimum Gasteiger partial charge on any atom is -0.376 e. The highest BCUT2D eigenvalue weighted by atomic mass is 32.2. The Morgan fingerprint density at radius 2 is 2.22 bits per heavy atom. The van der Waals surface area contributed by atoms with E-state index in [4.69, 9.17) is 10.1 Å². The Morgan fingerprint density at radius 3 is 2.78 bits per heavy atom. The van der Waals surface area contributed by atoms with Crippen LogP contribution in [0.2, 0.25) is 0 Å². The molecule has 0 fully saturated rings. The number of hydrogen-bond donors (Lipinski definition) is 0. The van der Waals surface area contributed by atoms with Gasteiger partial charge in [0, 0.05) is 4.90 Å². The fourth-order valence-corrected chi connectivity index (χ4v) is 2.58. The predicted octanol–water partition coefficient (Wildman–Crippen LogP) is 3.92. The van der Waals surface area contributed by atoms with Crippen LogP contribution in [0.25, 0.3) is 0 Å². The van der Waals surface area contributed by atoms with Crippen molar-refractivity contribution in [2.24, 2.45) is 5.16 Å². The topological polar surface area (TPSA) is 45.4 Å². The Kier molecular flexibility index (Phi) is 4.27. The van der Waals surface area contributed by atoms with E-state index in [1.807, 2.05) is 0 Å². The molecule has 0 saturated heterocycles. The van der Waals surface area contributed by atoms with E-state index in [0.717, 1.165) is 16.4 Å². The molecule has 1 aliphatic rings. The molecular formula is C14H16N2OS. The highest BCUT2D eigenvalue weighted by Crippen LogP contribution is 2.28. The van der Waals surface area contributed by atoms with Crippen molar-refractivity contribution in [1.29, 1.82) is 5.26 Å². The quantitative estimate of drug-likeness (QED) is 0.827. The average molecular weight is 260 g/mol. The normalized spacial score (nSPS) is 19.8. The summed E-state index contributed by atoms with van der Waals surface area (Å²) >= 11 is 1.57. The Hall–Kier alpha value is -1.47. The molecule has 2 unspecified atom stereocenters. The van der Waals surface area contributed by atoms with Gasteiger partial charge in [-0.25, -0.2) is 0 Å². The molecule has 0 radical (unpaired) electrons. The average Bonchev–Trinajstić information content (AvgIpc) is 2.86. The zero-order valence-corrected chi connectivity index (χ0v) is 11.4. The molecule has 1 aromatic carbocycles. The third-order valence-electron chi connectivity index (χ3n) is 3.08. The third kappa shape index (κ3) is 3.05. The van der Waals surface area contributed by atoms with E-state index in [2.05, 4.69) is 49.3 Å². The van der Waals surface area contributed by atoms with Gasteiger partial charge in [-0.3, -0.25) is 0 Å². The van der Waals surface area contributed by atoms with Crippen LogP contribution in [0, 0.1) is 11.3 Å². The minimum atomic E-state index is -0.410. The summed E-state index contributed by atoms with van der Waals surface area (Å²) in [4.78, 5) is 6.11. The molecule has 3 nitrogen and oxygen atoms in total. The lowest BCUT2D eigenvalue weighted by Gasteiger charge is -2.09. The zero-order valence-electron chi connectivity index (χ0n) is 10.6. The molecule has 0 N–H and O–H groups in total. The zero-order chi connectivity index (χ0) is 13.0. The van der Waals surface area contributed by atoms with Crippen molar-refractivity contribution in [3.05, 3.63) is 29.8 Å². The first-order valence-corrected chi connectivity index (χ1v) is 6.94. The van der Waals surface area contributed by atoms with Gasteiger partial charge >= 0.3 is 0 Å². The smallest absolute Gasteiger partial charge is 0.218 e. The molecule has 0 saturated carbocycles. The van der Waals surface area contributed by atoms with E-state index >= 15 is 0 Å². The highest BCUT2D eigenvalue weighted by Gasteiger charge is 2.20. The standard InChI is InChI=1S/C14H16N2OS/c1-3-10(2)11-4-6-13(7-5-11)18-14-8-12(9-15)17-16-14/h4-7,10,12H,3,8H2,1-2H3. The summed E-state index contributed by atoms with van der Waals surface area (Å²) in [6.07, 6.45) is 1.33. The summed E-state index contributed by atoms with van der Waals surface area (Å²) in [6.45, 7) is 4.43. The number of benzene rings is 1. The number of nitrogens with zero attached hydrogens (tertiary/aromatic N) is 2. The summed E-state index contributed by atoms with van der Waals surface area (Å²) in [5.74, 6) is 0.596. The van der Waals surface area contributed by atoms with E-state index in [1.54, 1.807) is 11.8 Å². The van der Waals surface area contributed by atoms with Gasteiger partial charge in [0.1, 0.15) is 11.1 Å². The van der Waals surface area contributed by atoms with Crippen LogP contribution in [0.15, 0.2) is 34.3 Å². The van der Waals surface area contributed by atoms with Crippen molar-refractivity contribution >= 4 is 16.8 Å². The van der Waals surface area contributed by atoms with Gasteiger partial charge in [-0.2, -0.15) is 5.26 Å². The number of oxime groups is 1. The largest absolute Gasteiger partial charge is 0.376 e. The van der Waals surface area contributed by atoms with Gasteiger partial charge in [0.25, 0.3) is 0 Å². The van der Waals surface area contributed by atoms with Crippen molar-refractivity contribution in [1.82, 2.24) is 0 Å². The summed E-state index contributed by atoms with van der Waals surface area (Å²) in [7, 11) is 0. The second-order valence-corrected chi connectivity index (χ2v) is 5.54. The van der Waals surface area contributed by atoms with E-state index in [9.17, 15) is 0 Å². The Labute approximate surface area is 112 Å². The number of rotatable bonds is 3. The molecule has 0 aromatic heterocycles. The van der Waals surface area contributed by atoms with Gasteiger partial charge in [0.2, 0.25) is 6.10 Å². The number of thioether (sulfide) groups is 1. The fourth-order valence-electron chi connectivity index (χ4n) is 1.72. The molecular weight excluding hydrogens is 244 g/mol. The second kappa shape index (κ2) is 5.92. The molecule has 94 valence electrons. The summed E-state index contributed by atoms with van der Waals surface area (Å²) in [5.41, 5.74) is 1.36. The van der Waals surface area contributed by atoms with Gasteiger partial charge in [-0.1, -0.05) is 42.9 Å². The molecule has 18 heavy (non-hydrogen) atoms. The summed E-state index contributed by atoms with van der Waals surface area (Å²) in [5, 5.41) is 13.5. The highest BCUT2D eigenvalue weighted by molar-refractivity contribution is 8.14. The molecule has 0 aliphatic carbocycles. The van der Waals surface area contributed by atoms with Gasteiger partial charge in [0.05, 0.1) is 6.42 Å². The Morgan fingerprint density at radius 1 is 1.50 bits per heavy atom. The molecule has 0 amide bonds. The van der Waals surface area contributed by atoms with E-state index < -0.39 is 6.10 Å². The van der Waals surface area contributed by atoms with Crippen molar-refractivity contribution in [3.8, 4) is 6.07 Å². The molecule has 2 rings (SSSR count). The summed E-state index contributed by atoms with van der Waals surface area (Å²) in [6, 6.07) is 10.6. The lowest BCUT2D eigenvalue weighted by molar-refractivity contribution is 0.125. The first-order chi connectivity index (χ1) is 8.72. The predicted molar refractivity (Wildman–Crippen MR) is 73.5 cm³/mol. The third-order valence-corrected chi connectivity index (χ3v) is 4.07. The van der Waals surface area contributed by atoms with Gasteiger partial charge < -0.3 is 4.84 Å². The second-order valence-electron chi connectivity index (χ2n) is 4.39. The van der Waals surface area contributed by atoms with Crippen LogP contribution < -0.4 is 0 Å². The summed E-state index contributed by atoms with van der Waals surface area (Å²) < 4.78 is 0. The maximum atomic E-state index is 8.72. The van der Waals surface area contributed by atoms with Crippen LogP contribution in [-0.2, 0) is 4.84 Å². The van der Waals surface area contributed by atoms with Crippen LogP contribution >= 0.6 is 11.8 Å². The lowest BCUT2D eigenvalue weighted by Crippen LogP contribution is -2.01.